The zero-order chi connectivity index (χ0) is 10.4. The number of esters is 1. The lowest BCUT2D eigenvalue weighted by atomic mass is 10.2. The predicted molar refractivity (Wildman–Crippen MR) is 61.8 cm³/mol. The highest BCUT2D eigenvalue weighted by Gasteiger charge is 2.11. The normalized spacial score (nSPS) is 11.3. The maximum Gasteiger partial charge on any atom is 0.323 e. The molecule has 0 bridgehead atoms. The van der Waals surface area contributed by atoms with Gasteiger partial charge in [-0.2, -0.15) is 0 Å². The van der Waals surface area contributed by atoms with E-state index in [1.54, 1.807) is 0 Å². The van der Waals surface area contributed by atoms with Crippen LogP contribution in [0.1, 0.15) is 18.9 Å². The quantitative estimate of drug-likeness (QED) is 0.803. The monoisotopic (exact) mass is 229 g/mol. The van der Waals surface area contributed by atoms with Crippen LogP contribution < -0.4 is 5.73 Å². The molecular formula is C11H16ClNO2. The molecule has 1 rings (SSSR count). The Kier molecular flexibility index (Phi) is 6.75. The molecule has 0 saturated heterocycles. The zero-order valence-corrected chi connectivity index (χ0v) is 9.50. The molecule has 2 N–H and O–H groups in total. The van der Waals surface area contributed by atoms with Crippen LogP contribution in [-0.4, -0.2) is 12.0 Å². The van der Waals surface area contributed by atoms with Crippen LogP contribution in [0.25, 0.3) is 0 Å². The average molecular weight is 230 g/mol. The summed E-state index contributed by atoms with van der Waals surface area (Å²) < 4.78 is 5.02. The third-order valence-corrected chi connectivity index (χ3v) is 1.97. The van der Waals surface area contributed by atoms with Crippen molar-refractivity contribution in [3.05, 3.63) is 35.9 Å². The second-order valence-electron chi connectivity index (χ2n) is 3.11. The summed E-state index contributed by atoms with van der Waals surface area (Å²) in [6.07, 6.45) is 0.605. The Morgan fingerprint density at radius 2 is 2.00 bits per heavy atom. The van der Waals surface area contributed by atoms with E-state index in [1.807, 2.05) is 37.3 Å². The minimum Gasteiger partial charge on any atom is -0.460 e. The second-order valence-corrected chi connectivity index (χ2v) is 3.11. The lowest BCUT2D eigenvalue weighted by Crippen LogP contribution is -2.31. The molecule has 0 unspecified atom stereocenters. The fraction of sp³-hybridized carbons (Fsp3) is 0.364. The maximum absolute atomic E-state index is 11.2. The third-order valence-electron chi connectivity index (χ3n) is 1.97. The first-order chi connectivity index (χ1) is 6.74. The van der Waals surface area contributed by atoms with Gasteiger partial charge in [-0.25, -0.2) is 0 Å². The average Bonchev–Trinajstić information content (AvgIpc) is 2.26. The first-order valence-corrected chi connectivity index (χ1v) is 4.70. The van der Waals surface area contributed by atoms with Crippen molar-refractivity contribution in [3.63, 3.8) is 0 Å². The third kappa shape index (κ3) is 4.81. The van der Waals surface area contributed by atoms with Gasteiger partial charge in [-0.15, -0.1) is 12.4 Å². The zero-order valence-electron chi connectivity index (χ0n) is 8.68. The molecule has 0 spiro atoms. The van der Waals surface area contributed by atoms with Crippen molar-refractivity contribution in [2.75, 3.05) is 0 Å². The lowest BCUT2D eigenvalue weighted by Gasteiger charge is -2.08. The van der Waals surface area contributed by atoms with Gasteiger partial charge in [0.25, 0.3) is 0 Å². The van der Waals surface area contributed by atoms with Crippen molar-refractivity contribution in [2.45, 2.75) is 26.0 Å². The summed E-state index contributed by atoms with van der Waals surface area (Å²) in [7, 11) is 0. The van der Waals surface area contributed by atoms with Gasteiger partial charge in [0.2, 0.25) is 0 Å². The Hall–Kier alpha value is -1.06. The summed E-state index contributed by atoms with van der Waals surface area (Å²) in [6, 6.07) is 9.04. The van der Waals surface area contributed by atoms with E-state index in [0.717, 1.165) is 5.56 Å². The molecular weight excluding hydrogens is 214 g/mol. The van der Waals surface area contributed by atoms with Crippen molar-refractivity contribution < 1.29 is 9.53 Å². The van der Waals surface area contributed by atoms with E-state index in [1.165, 1.54) is 0 Å². The van der Waals surface area contributed by atoms with Gasteiger partial charge in [-0.05, 0) is 12.0 Å². The molecule has 0 saturated carbocycles. The number of carbonyl (C=O) groups is 1. The lowest BCUT2D eigenvalue weighted by molar-refractivity contribution is -0.146. The van der Waals surface area contributed by atoms with Crippen molar-refractivity contribution >= 4 is 18.4 Å². The molecule has 15 heavy (non-hydrogen) atoms. The molecule has 0 amide bonds. The highest BCUT2D eigenvalue weighted by atomic mass is 35.5. The molecule has 0 aliphatic heterocycles. The van der Waals surface area contributed by atoms with Crippen LogP contribution in [0.3, 0.4) is 0 Å². The van der Waals surface area contributed by atoms with Gasteiger partial charge in [0.15, 0.2) is 0 Å². The second kappa shape index (κ2) is 7.26. The summed E-state index contributed by atoms with van der Waals surface area (Å²) in [5.41, 5.74) is 6.48. The Labute approximate surface area is 96.0 Å². The fourth-order valence-electron chi connectivity index (χ4n) is 1.00. The standard InChI is InChI=1S/C11H15NO2.ClH/c1-2-10(12)11(13)14-8-9-6-4-3-5-7-9;/h3-7,10H,2,8,12H2,1H3;1H/t10-;/m0./s1. The number of hydrogen-bond acceptors (Lipinski definition) is 3. The first kappa shape index (κ1) is 13.9. The summed E-state index contributed by atoms with van der Waals surface area (Å²) >= 11 is 0. The van der Waals surface area contributed by atoms with E-state index in [4.69, 9.17) is 10.5 Å². The highest BCUT2D eigenvalue weighted by Crippen LogP contribution is 2.01. The number of nitrogens with two attached hydrogens (primary N) is 1. The molecule has 4 heteroatoms. The number of carbonyl (C=O) groups excluding carboxylic acids is 1. The van der Waals surface area contributed by atoms with Crippen LogP contribution in [0, 0.1) is 0 Å². The molecule has 0 heterocycles. The van der Waals surface area contributed by atoms with Crippen molar-refractivity contribution in [1.82, 2.24) is 0 Å². The number of halogens is 1. The number of benzene rings is 1. The van der Waals surface area contributed by atoms with Crippen molar-refractivity contribution in [2.24, 2.45) is 5.73 Å². The minimum atomic E-state index is -0.501. The molecule has 0 aromatic heterocycles. The largest absolute Gasteiger partial charge is 0.460 e. The van der Waals surface area contributed by atoms with E-state index >= 15 is 0 Å². The molecule has 3 nitrogen and oxygen atoms in total. The van der Waals surface area contributed by atoms with Gasteiger partial charge in [-0.3, -0.25) is 4.79 Å². The molecule has 0 radical (unpaired) electrons. The van der Waals surface area contributed by atoms with Gasteiger partial charge in [-0.1, -0.05) is 37.3 Å². The topological polar surface area (TPSA) is 52.3 Å². The molecule has 1 atom stereocenters. The minimum absolute atomic E-state index is 0. The fourth-order valence-corrected chi connectivity index (χ4v) is 1.00. The van der Waals surface area contributed by atoms with E-state index < -0.39 is 6.04 Å². The van der Waals surface area contributed by atoms with Crippen LogP contribution in [-0.2, 0) is 16.1 Å². The molecule has 0 fully saturated rings. The van der Waals surface area contributed by atoms with Gasteiger partial charge >= 0.3 is 5.97 Å². The van der Waals surface area contributed by atoms with Gasteiger partial charge in [0.1, 0.15) is 12.6 Å². The first-order valence-electron chi connectivity index (χ1n) is 4.70. The van der Waals surface area contributed by atoms with Gasteiger partial charge < -0.3 is 10.5 Å². The Bertz CT molecular complexity index is 290. The summed E-state index contributed by atoms with van der Waals surface area (Å²) in [5.74, 6) is -0.337. The van der Waals surface area contributed by atoms with E-state index in [-0.39, 0.29) is 18.4 Å². The van der Waals surface area contributed by atoms with Gasteiger partial charge in [0, 0.05) is 0 Å². The maximum atomic E-state index is 11.2. The molecule has 0 aliphatic rings. The van der Waals surface area contributed by atoms with E-state index in [2.05, 4.69) is 0 Å². The van der Waals surface area contributed by atoms with Crippen LogP contribution in [0.15, 0.2) is 30.3 Å². The van der Waals surface area contributed by atoms with Crippen LogP contribution >= 0.6 is 12.4 Å². The summed E-state index contributed by atoms with van der Waals surface area (Å²) in [5, 5.41) is 0. The molecule has 1 aromatic rings. The number of hydrogen-bond donors (Lipinski definition) is 1. The smallest absolute Gasteiger partial charge is 0.323 e. The molecule has 1 aromatic carbocycles. The van der Waals surface area contributed by atoms with E-state index in [9.17, 15) is 4.79 Å². The molecule has 84 valence electrons. The predicted octanol–water partition coefficient (Wildman–Crippen LogP) is 1.89. The Morgan fingerprint density at radius 1 is 1.40 bits per heavy atom. The Balaban J connectivity index is 0.00000196. The van der Waals surface area contributed by atoms with Crippen LogP contribution in [0.5, 0.6) is 0 Å². The van der Waals surface area contributed by atoms with Crippen molar-refractivity contribution in [3.8, 4) is 0 Å². The van der Waals surface area contributed by atoms with E-state index in [0.29, 0.717) is 13.0 Å². The van der Waals surface area contributed by atoms with Crippen molar-refractivity contribution in [1.29, 1.82) is 0 Å². The Morgan fingerprint density at radius 3 is 2.53 bits per heavy atom. The highest BCUT2D eigenvalue weighted by molar-refractivity contribution is 5.85. The summed E-state index contributed by atoms with van der Waals surface area (Å²) in [4.78, 5) is 11.2. The number of rotatable bonds is 4. The summed E-state index contributed by atoms with van der Waals surface area (Å²) in [6.45, 7) is 2.15. The van der Waals surface area contributed by atoms with Crippen LogP contribution in [0.2, 0.25) is 0 Å². The van der Waals surface area contributed by atoms with Crippen LogP contribution in [0.4, 0.5) is 0 Å². The van der Waals surface area contributed by atoms with Gasteiger partial charge in [0.05, 0.1) is 0 Å². The molecule has 0 aliphatic carbocycles. The number of ether oxygens (including phenoxy) is 1. The SMILES string of the molecule is CC[C@H](N)C(=O)OCc1ccccc1.Cl.